The molecule has 0 saturated heterocycles. The minimum absolute atomic E-state index is 0. The minimum atomic E-state index is -1.35. The first-order chi connectivity index (χ1) is 4.63. The Labute approximate surface area is 119 Å². The molecule has 0 unspecified atom stereocenters. The first kappa shape index (κ1) is 12.3. The summed E-state index contributed by atoms with van der Waals surface area (Å²) < 4.78 is 3.49. The van der Waals surface area contributed by atoms with Crippen molar-refractivity contribution in [3.63, 3.8) is 0 Å². The molecular formula is C4Cl2KNO2S. The zero-order chi connectivity index (χ0) is 7.72. The van der Waals surface area contributed by atoms with E-state index in [1.807, 2.05) is 0 Å². The number of halogens is 2. The molecule has 0 aliphatic carbocycles. The molecular weight excluding hydrogens is 236 g/mol. The SMILES string of the molecule is O=C([O-])c1snc(Cl)c1Cl.[K+]. The smallest absolute Gasteiger partial charge is 0.544 e. The van der Waals surface area contributed by atoms with E-state index < -0.39 is 5.97 Å². The summed E-state index contributed by atoms with van der Waals surface area (Å²) in [6.07, 6.45) is 0. The largest absolute Gasteiger partial charge is 1.00 e. The summed E-state index contributed by atoms with van der Waals surface area (Å²) in [5.74, 6) is -1.35. The summed E-state index contributed by atoms with van der Waals surface area (Å²) >= 11 is 11.5. The fraction of sp³-hybridized carbons (Fsp3) is 0. The maximum atomic E-state index is 10.2. The molecule has 1 rings (SSSR count). The van der Waals surface area contributed by atoms with E-state index in [4.69, 9.17) is 23.2 Å². The quantitative estimate of drug-likeness (QED) is 0.521. The second-order valence-electron chi connectivity index (χ2n) is 1.40. The van der Waals surface area contributed by atoms with E-state index >= 15 is 0 Å². The molecule has 0 atom stereocenters. The molecule has 1 aromatic rings. The molecule has 11 heavy (non-hydrogen) atoms. The van der Waals surface area contributed by atoms with E-state index in [9.17, 15) is 9.90 Å². The van der Waals surface area contributed by atoms with Gasteiger partial charge in [-0.05, 0) is 11.5 Å². The van der Waals surface area contributed by atoms with E-state index in [1.54, 1.807) is 0 Å². The van der Waals surface area contributed by atoms with Crippen LogP contribution in [0.4, 0.5) is 0 Å². The third-order valence-electron chi connectivity index (χ3n) is 0.783. The summed E-state index contributed by atoms with van der Waals surface area (Å²) in [6.45, 7) is 0. The molecule has 0 N–H and O–H groups in total. The number of carbonyl (C=O) groups excluding carboxylic acids is 1. The van der Waals surface area contributed by atoms with Gasteiger partial charge in [0.1, 0.15) is 0 Å². The maximum absolute atomic E-state index is 10.2. The first-order valence-electron chi connectivity index (χ1n) is 2.15. The van der Waals surface area contributed by atoms with Crippen molar-refractivity contribution < 1.29 is 61.3 Å². The van der Waals surface area contributed by atoms with E-state index in [-0.39, 0.29) is 66.4 Å². The number of hydrogen-bond acceptors (Lipinski definition) is 4. The van der Waals surface area contributed by atoms with Crippen molar-refractivity contribution in [2.75, 3.05) is 0 Å². The molecule has 7 heteroatoms. The van der Waals surface area contributed by atoms with Crippen LogP contribution in [0.2, 0.25) is 10.2 Å². The van der Waals surface area contributed by atoms with Crippen LogP contribution in [0.3, 0.4) is 0 Å². The van der Waals surface area contributed by atoms with E-state index in [2.05, 4.69) is 4.37 Å². The molecule has 0 aliphatic heterocycles. The Hall–Kier alpha value is 1.32. The van der Waals surface area contributed by atoms with Gasteiger partial charge in [0.05, 0.1) is 15.9 Å². The van der Waals surface area contributed by atoms with Crippen LogP contribution in [0.5, 0.6) is 0 Å². The van der Waals surface area contributed by atoms with E-state index in [0.29, 0.717) is 11.5 Å². The number of carboxylic acids is 1. The fourth-order valence-corrected chi connectivity index (χ4v) is 1.43. The van der Waals surface area contributed by atoms with Crippen LogP contribution in [0.15, 0.2) is 0 Å². The molecule has 54 valence electrons. The number of hydrogen-bond donors (Lipinski definition) is 0. The molecule has 1 aromatic heterocycles. The van der Waals surface area contributed by atoms with Gasteiger partial charge in [-0.3, -0.25) is 0 Å². The summed E-state index contributed by atoms with van der Waals surface area (Å²) in [4.78, 5) is 10.0. The predicted octanol–water partition coefficient (Wildman–Crippen LogP) is -2.18. The van der Waals surface area contributed by atoms with Crippen LogP contribution in [-0.4, -0.2) is 10.3 Å². The Morgan fingerprint density at radius 2 is 2.09 bits per heavy atom. The molecule has 0 aromatic carbocycles. The standard InChI is InChI=1S/C4HCl2NO2S.K/c5-1-2(4(8)9)10-7-3(1)6;/h(H,8,9);/q;+1/p-1. The molecule has 0 spiro atoms. The maximum Gasteiger partial charge on any atom is 1.00 e. The van der Waals surface area contributed by atoms with Crippen molar-refractivity contribution in [3.05, 3.63) is 15.1 Å². The van der Waals surface area contributed by atoms with Crippen LogP contribution in [-0.2, 0) is 0 Å². The van der Waals surface area contributed by atoms with Gasteiger partial charge in [0.15, 0.2) is 5.15 Å². The average molecular weight is 236 g/mol. The molecule has 0 saturated carbocycles. The van der Waals surface area contributed by atoms with Gasteiger partial charge in [0, 0.05) is 0 Å². The van der Waals surface area contributed by atoms with Gasteiger partial charge in [0.25, 0.3) is 0 Å². The monoisotopic (exact) mass is 235 g/mol. The predicted molar refractivity (Wildman–Crippen MR) is 36.5 cm³/mol. The molecule has 0 aliphatic rings. The van der Waals surface area contributed by atoms with E-state index in [0.717, 1.165) is 0 Å². The summed E-state index contributed by atoms with van der Waals surface area (Å²) in [7, 11) is 0. The second kappa shape index (κ2) is 5.13. The third kappa shape index (κ3) is 2.93. The molecule has 1 heterocycles. The van der Waals surface area contributed by atoms with Crippen molar-refractivity contribution in [1.29, 1.82) is 0 Å². The summed E-state index contributed by atoms with van der Waals surface area (Å²) in [6, 6.07) is 0. The van der Waals surface area contributed by atoms with Crippen LogP contribution < -0.4 is 56.5 Å². The van der Waals surface area contributed by atoms with Crippen molar-refractivity contribution in [2.45, 2.75) is 0 Å². The van der Waals surface area contributed by atoms with Crippen molar-refractivity contribution in [2.24, 2.45) is 0 Å². The zero-order valence-corrected chi connectivity index (χ0v) is 10.9. The van der Waals surface area contributed by atoms with Gasteiger partial charge in [0.2, 0.25) is 0 Å². The van der Waals surface area contributed by atoms with Gasteiger partial charge in [-0.1, -0.05) is 23.2 Å². The Kier molecular flexibility index (Phi) is 5.75. The van der Waals surface area contributed by atoms with Gasteiger partial charge >= 0.3 is 51.4 Å². The minimum Gasteiger partial charge on any atom is -0.544 e. The number of nitrogens with zero attached hydrogens (tertiary/aromatic N) is 1. The van der Waals surface area contributed by atoms with Gasteiger partial charge in [-0.15, -0.1) is 0 Å². The fourth-order valence-electron chi connectivity index (χ4n) is 0.386. The first-order valence-corrected chi connectivity index (χ1v) is 3.68. The Bertz CT molecular complexity index is 277. The van der Waals surface area contributed by atoms with Gasteiger partial charge in [-0.2, -0.15) is 4.37 Å². The Balaban J connectivity index is 0.000001000. The molecule has 0 radical (unpaired) electrons. The normalized spacial score (nSPS) is 8.91. The van der Waals surface area contributed by atoms with Gasteiger partial charge in [-0.25, -0.2) is 0 Å². The topological polar surface area (TPSA) is 53.0 Å². The number of rotatable bonds is 1. The average Bonchev–Trinajstić information content (AvgIpc) is 2.14. The van der Waals surface area contributed by atoms with Crippen molar-refractivity contribution >= 4 is 40.7 Å². The van der Waals surface area contributed by atoms with Crippen LogP contribution in [0.25, 0.3) is 0 Å². The van der Waals surface area contributed by atoms with E-state index in [1.165, 1.54) is 0 Å². The molecule has 0 fully saturated rings. The molecule has 0 amide bonds. The second-order valence-corrected chi connectivity index (χ2v) is 2.91. The number of aromatic carboxylic acids is 1. The van der Waals surface area contributed by atoms with Gasteiger partial charge < -0.3 is 9.90 Å². The number of carbonyl (C=O) groups is 1. The Morgan fingerprint density at radius 1 is 1.55 bits per heavy atom. The number of aromatic nitrogens is 1. The number of carboxylic acid groups (broad SMARTS) is 1. The summed E-state index contributed by atoms with van der Waals surface area (Å²) in [5, 5.41) is 10.1. The van der Waals surface area contributed by atoms with Crippen LogP contribution >= 0.6 is 34.7 Å². The van der Waals surface area contributed by atoms with Crippen molar-refractivity contribution in [3.8, 4) is 0 Å². The third-order valence-corrected chi connectivity index (χ3v) is 2.56. The Morgan fingerprint density at radius 3 is 2.27 bits per heavy atom. The summed E-state index contributed by atoms with van der Waals surface area (Å²) in [5.41, 5.74) is 0. The molecule has 0 bridgehead atoms. The molecule has 3 nitrogen and oxygen atoms in total. The van der Waals surface area contributed by atoms with Crippen molar-refractivity contribution in [1.82, 2.24) is 4.37 Å². The zero-order valence-electron chi connectivity index (χ0n) is 5.43. The van der Waals surface area contributed by atoms with Crippen LogP contribution in [0, 0.1) is 0 Å². The van der Waals surface area contributed by atoms with Crippen LogP contribution in [0.1, 0.15) is 9.67 Å².